The van der Waals surface area contributed by atoms with Crippen molar-refractivity contribution < 1.29 is 47.9 Å². The third kappa shape index (κ3) is 14.5. The molecule has 1 unspecified atom stereocenters. The molecule has 2 amide bonds. The molecular weight excluding hydrogens is 694 g/mol. The number of ether oxygens (including phenoxy) is 7. The minimum absolute atomic E-state index is 0.0429. The molecule has 3 N–H and O–H groups in total. The molecule has 4 atom stereocenters. The molecule has 5 rings (SSSR count). The first-order chi connectivity index (χ1) is 26.5. The minimum Gasteiger partial charge on any atom is -0.392 e. The number of urea groups is 1. The van der Waals surface area contributed by atoms with E-state index in [0.717, 1.165) is 22.3 Å². The monoisotopic (exact) mass is 749 g/mol. The molecule has 2 fully saturated rings. The lowest BCUT2D eigenvalue weighted by atomic mass is 9.99. The molecule has 3 aromatic rings. The van der Waals surface area contributed by atoms with Gasteiger partial charge in [0, 0.05) is 37.3 Å². The molecule has 13 nitrogen and oxygen atoms in total. The Kier molecular flexibility index (Phi) is 17.8. The number of nitrogens with zero attached hydrogens (tertiary/aromatic N) is 1. The second-order valence-corrected chi connectivity index (χ2v) is 13.3. The van der Waals surface area contributed by atoms with Gasteiger partial charge in [-0.1, -0.05) is 66.7 Å². The van der Waals surface area contributed by atoms with Crippen LogP contribution in [0.2, 0.25) is 0 Å². The zero-order valence-electron chi connectivity index (χ0n) is 31.2. The SMILES string of the molecule is CC(=O)[C@@H](Cc1ccccc1)NC(=O)Nc1cccc(C2O[C@H](CN3CCOCCOCCOCCOCCOCC3)C[C@H](c3ccc(CO)cc3)O2)c1. The number of ketones is 1. The van der Waals surface area contributed by atoms with Crippen LogP contribution in [0.1, 0.15) is 48.0 Å². The van der Waals surface area contributed by atoms with Gasteiger partial charge in [-0.05, 0) is 42.2 Å². The summed E-state index contributed by atoms with van der Waals surface area (Å²) in [6.45, 7) is 8.42. The number of rotatable bonds is 10. The van der Waals surface area contributed by atoms with E-state index in [1.54, 1.807) is 6.07 Å². The largest absolute Gasteiger partial charge is 0.392 e. The molecule has 3 aromatic carbocycles. The number of carbonyl (C=O) groups is 2. The van der Waals surface area contributed by atoms with Crippen LogP contribution < -0.4 is 10.6 Å². The Hall–Kier alpha value is -3.76. The van der Waals surface area contributed by atoms with E-state index in [-0.39, 0.29) is 24.6 Å². The zero-order chi connectivity index (χ0) is 37.8. The number of anilines is 1. The van der Waals surface area contributed by atoms with Gasteiger partial charge in [0.05, 0.1) is 90.9 Å². The summed E-state index contributed by atoms with van der Waals surface area (Å²) in [5, 5.41) is 15.3. The van der Waals surface area contributed by atoms with Crippen molar-refractivity contribution in [1.29, 1.82) is 0 Å². The van der Waals surface area contributed by atoms with Crippen molar-refractivity contribution in [3.63, 3.8) is 0 Å². The van der Waals surface area contributed by atoms with Crippen LogP contribution in [0.15, 0.2) is 78.9 Å². The van der Waals surface area contributed by atoms with E-state index in [1.165, 1.54) is 6.92 Å². The van der Waals surface area contributed by atoms with Crippen LogP contribution in [0.3, 0.4) is 0 Å². The highest BCUT2D eigenvalue weighted by molar-refractivity contribution is 5.93. The number of Topliss-reactive ketones (excluding diaryl/α,β-unsaturated/α-hetero) is 1. The lowest BCUT2D eigenvalue weighted by Gasteiger charge is -2.38. The second-order valence-electron chi connectivity index (χ2n) is 13.3. The first-order valence-electron chi connectivity index (χ1n) is 18.8. The molecule has 2 aliphatic heterocycles. The van der Waals surface area contributed by atoms with E-state index in [1.807, 2.05) is 72.8 Å². The molecule has 2 heterocycles. The Bertz CT molecular complexity index is 1510. The summed E-state index contributed by atoms with van der Waals surface area (Å²) in [5.41, 5.74) is 4.02. The van der Waals surface area contributed by atoms with Gasteiger partial charge in [-0.25, -0.2) is 4.79 Å². The fourth-order valence-electron chi connectivity index (χ4n) is 6.22. The Labute approximate surface area is 318 Å². The molecule has 0 radical (unpaired) electrons. The number of benzene rings is 3. The molecule has 2 aliphatic rings. The van der Waals surface area contributed by atoms with Gasteiger partial charge >= 0.3 is 6.03 Å². The van der Waals surface area contributed by atoms with Gasteiger partial charge in [-0.3, -0.25) is 9.69 Å². The standard InChI is InChI=1S/C41H55N3O10/c1-31(46)38(26-32-6-3-2-4-7-32)43-41(47)42-36-9-5-8-35(27-36)40-53-37(28-39(54-40)34-12-10-33(30-45)11-13-34)29-44-14-16-48-18-20-50-22-24-52-25-23-51-21-19-49-17-15-44/h2-13,27,37-40,45H,14-26,28-30H2,1H3,(H2,42,43,47)/t37-,38+,39+,40?/m0/s1. The highest BCUT2D eigenvalue weighted by Gasteiger charge is 2.33. The van der Waals surface area contributed by atoms with E-state index < -0.39 is 18.4 Å². The number of amides is 2. The van der Waals surface area contributed by atoms with Crippen LogP contribution in [0.4, 0.5) is 10.5 Å². The van der Waals surface area contributed by atoms with Crippen molar-refractivity contribution in [2.45, 2.75) is 50.9 Å². The third-order valence-electron chi connectivity index (χ3n) is 9.16. The Morgan fingerprint density at radius 3 is 1.93 bits per heavy atom. The maximum atomic E-state index is 13.1. The normalized spacial score (nSPS) is 22.3. The number of aliphatic hydroxyl groups is 1. The number of aliphatic hydroxyl groups excluding tert-OH is 1. The van der Waals surface area contributed by atoms with Gasteiger partial charge in [-0.2, -0.15) is 0 Å². The molecule has 13 heteroatoms. The van der Waals surface area contributed by atoms with Gasteiger partial charge < -0.3 is 48.9 Å². The lowest BCUT2D eigenvalue weighted by Crippen LogP contribution is -2.43. The summed E-state index contributed by atoms with van der Waals surface area (Å²) in [4.78, 5) is 27.8. The number of nitrogens with one attached hydrogen (secondary N) is 2. The molecule has 0 bridgehead atoms. The third-order valence-corrected chi connectivity index (χ3v) is 9.16. The predicted octanol–water partition coefficient (Wildman–Crippen LogP) is 4.44. The summed E-state index contributed by atoms with van der Waals surface area (Å²) in [5.74, 6) is -0.132. The van der Waals surface area contributed by atoms with E-state index in [0.29, 0.717) is 104 Å². The van der Waals surface area contributed by atoms with Crippen molar-refractivity contribution >= 4 is 17.5 Å². The number of hydrogen-bond acceptors (Lipinski definition) is 11. The fourth-order valence-corrected chi connectivity index (χ4v) is 6.22. The maximum Gasteiger partial charge on any atom is 0.319 e. The average Bonchev–Trinajstić information content (AvgIpc) is 3.18. The van der Waals surface area contributed by atoms with Gasteiger partial charge in [0.1, 0.15) is 0 Å². The van der Waals surface area contributed by atoms with Gasteiger partial charge in [0.2, 0.25) is 0 Å². The van der Waals surface area contributed by atoms with Crippen LogP contribution in [0.25, 0.3) is 0 Å². The fraction of sp³-hybridized carbons (Fsp3) is 0.512. The number of hydrogen-bond donors (Lipinski definition) is 3. The molecular formula is C41H55N3O10. The van der Waals surface area contributed by atoms with Crippen molar-refractivity contribution in [3.05, 3.63) is 101 Å². The maximum absolute atomic E-state index is 13.1. The van der Waals surface area contributed by atoms with E-state index in [4.69, 9.17) is 33.2 Å². The van der Waals surface area contributed by atoms with Crippen molar-refractivity contribution in [2.75, 3.05) is 91.0 Å². The van der Waals surface area contributed by atoms with Crippen LogP contribution in [-0.4, -0.2) is 120 Å². The van der Waals surface area contributed by atoms with Crippen molar-refractivity contribution in [2.24, 2.45) is 0 Å². The van der Waals surface area contributed by atoms with E-state index >= 15 is 0 Å². The van der Waals surface area contributed by atoms with Crippen LogP contribution in [-0.2, 0) is 51.0 Å². The second kappa shape index (κ2) is 23.2. The van der Waals surface area contributed by atoms with Crippen LogP contribution in [0, 0.1) is 0 Å². The molecule has 54 heavy (non-hydrogen) atoms. The highest BCUT2D eigenvalue weighted by Crippen LogP contribution is 2.38. The molecule has 0 spiro atoms. The quantitative estimate of drug-likeness (QED) is 0.271. The Balaban J connectivity index is 1.26. The van der Waals surface area contributed by atoms with Gasteiger partial charge in [0.25, 0.3) is 0 Å². The highest BCUT2D eigenvalue weighted by atomic mass is 16.7. The van der Waals surface area contributed by atoms with Crippen LogP contribution in [0.5, 0.6) is 0 Å². The summed E-state index contributed by atoms with van der Waals surface area (Å²) in [6.07, 6.45) is -0.244. The Morgan fingerprint density at radius 1 is 0.722 bits per heavy atom. The number of carbonyl (C=O) groups excluding carboxylic acids is 2. The summed E-state index contributed by atoms with van der Waals surface area (Å²) >= 11 is 0. The van der Waals surface area contributed by atoms with E-state index in [9.17, 15) is 14.7 Å². The molecule has 294 valence electrons. The molecule has 0 aromatic heterocycles. The average molecular weight is 750 g/mol. The van der Waals surface area contributed by atoms with Crippen LogP contribution >= 0.6 is 0 Å². The van der Waals surface area contributed by atoms with Gasteiger partial charge in [-0.15, -0.1) is 0 Å². The lowest BCUT2D eigenvalue weighted by molar-refractivity contribution is -0.253. The van der Waals surface area contributed by atoms with Crippen molar-refractivity contribution in [3.8, 4) is 0 Å². The Morgan fingerprint density at radius 2 is 1.33 bits per heavy atom. The molecule has 0 aliphatic carbocycles. The smallest absolute Gasteiger partial charge is 0.319 e. The molecule has 2 saturated heterocycles. The molecule has 0 saturated carbocycles. The first-order valence-corrected chi connectivity index (χ1v) is 18.8. The van der Waals surface area contributed by atoms with E-state index in [2.05, 4.69) is 15.5 Å². The van der Waals surface area contributed by atoms with Crippen molar-refractivity contribution in [1.82, 2.24) is 10.2 Å². The minimum atomic E-state index is -0.731. The predicted molar refractivity (Wildman–Crippen MR) is 202 cm³/mol. The summed E-state index contributed by atoms with van der Waals surface area (Å²) in [7, 11) is 0. The zero-order valence-corrected chi connectivity index (χ0v) is 31.2. The first kappa shape index (κ1) is 41.4. The van der Waals surface area contributed by atoms with Gasteiger partial charge in [0.15, 0.2) is 12.1 Å². The summed E-state index contributed by atoms with van der Waals surface area (Å²) < 4.78 is 41.8. The topological polar surface area (TPSA) is 146 Å². The summed E-state index contributed by atoms with van der Waals surface area (Å²) in [6, 6.07) is 23.5.